The molecule has 1 heterocycles. The average molecular weight is 322 g/mol. The van der Waals surface area contributed by atoms with Crippen molar-refractivity contribution in [3.8, 4) is 11.5 Å². The number of rotatable bonds is 5. The van der Waals surface area contributed by atoms with E-state index in [4.69, 9.17) is 9.47 Å². The Kier molecular flexibility index (Phi) is 4.62. The minimum atomic E-state index is -0.445. The third-order valence-corrected chi connectivity index (χ3v) is 3.15. The van der Waals surface area contributed by atoms with Crippen LogP contribution in [0.3, 0.4) is 0 Å². The molecule has 7 nitrogen and oxygen atoms in total. The van der Waals surface area contributed by atoms with Crippen LogP contribution < -0.4 is 9.47 Å². The molecule has 120 valence electrons. The summed E-state index contributed by atoms with van der Waals surface area (Å²) in [5.41, 5.74) is 1.25. The van der Waals surface area contributed by atoms with Crippen LogP contribution in [0.25, 0.3) is 0 Å². The van der Waals surface area contributed by atoms with Gasteiger partial charge in [-0.25, -0.2) is 9.47 Å². The zero-order valence-corrected chi connectivity index (χ0v) is 12.9. The maximum Gasteiger partial charge on any atom is 0.343 e. The summed E-state index contributed by atoms with van der Waals surface area (Å²) in [6, 6.07) is 13.9. The van der Waals surface area contributed by atoms with Crippen molar-refractivity contribution < 1.29 is 14.3 Å². The molecule has 3 aromatic rings. The number of methoxy groups -OCH3 is 1. The average Bonchev–Trinajstić information content (AvgIpc) is 3.15. The quantitative estimate of drug-likeness (QED) is 0.409. The maximum absolute atomic E-state index is 12.1. The van der Waals surface area contributed by atoms with Crippen LogP contribution in [0, 0.1) is 0 Å². The summed E-state index contributed by atoms with van der Waals surface area (Å²) >= 11 is 0. The van der Waals surface area contributed by atoms with Crippen molar-refractivity contribution in [1.29, 1.82) is 0 Å². The molecule has 0 aliphatic heterocycles. The first kappa shape index (κ1) is 15.4. The summed E-state index contributed by atoms with van der Waals surface area (Å²) in [6.45, 7) is 0. The van der Waals surface area contributed by atoms with Crippen LogP contribution in [0.5, 0.6) is 11.5 Å². The predicted molar refractivity (Wildman–Crippen MR) is 87.4 cm³/mol. The first-order valence-corrected chi connectivity index (χ1v) is 7.10. The Bertz CT molecular complexity index is 846. The highest BCUT2D eigenvalue weighted by Gasteiger charge is 2.12. The van der Waals surface area contributed by atoms with E-state index in [2.05, 4.69) is 15.3 Å². The van der Waals surface area contributed by atoms with Gasteiger partial charge in [0.25, 0.3) is 0 Å². The van der Waals surface area contributed by atoms with Crippen molar-refractivity contribution in [2.45, 2.75) is 0 Å². The molecule has 0 aliphatic carbocycles. The molecule has 0 fully saturated rings. The molecule has 0 radical (unpaired) electrons. The Balaban J connectivity index is 1.78. The SMILES string of the molecule is COc1cc(/C=N/n2cnnc2)ccc1OC(=O)c1ccccc1. The van der Waals surface area contributed by atoms with Crippen molar-refractivity contribution in [2.24, 2.45) is 5.10 Å². The Morgan fingerprint density at radius 2 is 1.83 bits per heavy atom. The molecule has 3 rings (SSSR count). The van der Waals surface area contributed by atoms with Crippen LogP contribution in [0.4, 0.5) is 0 Å². The van der Waals surface area contributed by atoms with Gasteiger partial charge in [-0.05, 0) is 35.9 Å². The highest BCUT2D eigenvalue weighted by Crippen LogP contribution is 2.28. The van der Waals surface area contributed by atoms with Crippen LogP contribution in [0.2, 0.25) is 0 Å². The number of aromatic nitrogens is 3. The summed E-state index contributed by atoms with van der Waals surface area (Å²) in [6.07, 6.45) is 4.57. The number of hydrogen-bond acceptors (Lipinski definition) is 6. The fourth-order valence-corrected chi connectivity index (χ4v) is 1.97. The minimum Gasteiger partial charge on any atom is -0.493 e. The van der Waals surface area contributed by atoms with Gasteiger partial charge in [0.15, 0.2) is 11.5 Å². The van der Waals surface area contributed by atoms with E-state index in [9.17, 15) is 4.79 Å². The van der Waals surface area contributed by atoms with E-state index in [-0.39, 0.29) is 0 Å². The van der Waals surface area contributed by atoms with Crippen LogP contribution >= 0.6 is 0 Å². The van der Waals surface area contributed by atoms with Gasteiger partial charge in [0.1, 0.15) is 12.7 Å². The zero-order valence-electron chi connectivity index (χ0n) is 12.9. The van der Waals surface area contributed by atoms with E-state index >= 15 is 0 Å². The monoisotopic (exact) mass is 322 g/mol. The molecule has 0 aliphatic rings. The van der Waals surface area contributed by atoms with Gasteiger partial charge in [-0.1, -0.05) is 18.2 Å². The number of carbonyl (C=O) groups excluding carboxylic acids is 1. The van der Waals surface area contributed by atoms with E-state index in [1.807, 2.05) is 6.07 Å². The predicted octanol–water partition coefficient (Wildman–Crippen LogP) is 2.39. The summed E-state index contributed by atoms with van der Waals surface area (Å²) in [7, 11) is 1.51. The molecular weight excluding hydrogens is 308 g/mol. The summed E-state index contributed by atoms with van der Waals surface area (Å²) < 4.78 is 12.2. The third-order valence-electron chi connectivity index (χ3n) is 3.15. The fourth-order valence-electron chi connectivity index (χ4n) is 1.97. The third kappa shape index (κ3) is 3.64. The molecule has 24 heavy (non-hydrogen) atoms. The zero-order chi connectivity index (χ0) is 16.8. The number of ether oxygens (including phenoxy) is 2. The topological polar surface area (TPSA) is 78.6 Å². The Hall–Kier alpha value is -3.48. The van der Waals surface area contributed by atoms with Crippen molar-refractivity contribution >= 4 is 12.2 Å². The van der Waals surface area contributed by atoms with Crippen LogP contribution in [0.1, 0.15) is 15.9 Å². The van der Waals surface area contributed by atoms with Gasteiger partial charge < -0.3 is 9.47 Å². The first-order chi connectivity index (χ1) is 11.8. The van der Waals surface area contributed by atoms with Gasteiger partial charge in [-0.3, -0.25) is 0 Å². The van der Waals surface area contributed by atoms with Crippen molar-refractivity contribution in [1.82, 2.24) is 14.9 Å². The number of carbonyl (C=O) groups is 1. The van der Waals surface area contributed by atoms with Gasteiger partial charge in [-0.15, -0.1) is 10.2 Å². The lowest BCUT2D eigenvalue weighted by Crippen LogP contribution is -2.09. The summed E-state index contributed by atoms with van der Waals surface area (Å²) in [5, 5.41) is 11.5. The van der Waals surface area contributed by atoms with Crippen LogP contribution in [0.15, 0.2) is 66.3 Å². The summed E-state index contributed by atoms with van der Waals surface area (Å²) in [5.74, 6) is 0.333. The molecule has 0 spiro atoms. The lowest BCUT2D eigenvalue weighted by Gasteiger charge is -2.09. The number of benzene rings is 2. The van der Waals surface area contributed by atoms with Crippen molar-refractivity contribution in [2.75, 3.05) is 7.11 Å². The summed E-state index contributed by atoms with van der Waals surface area (Å²) in [4.78, 5) is 12.1. The number of nitrogens with zero attached hydrogens (tertiary/aromatic N) is 4. The molecule has 0 saturated carbocycles. The molecule has 0 saturated heterocycles. The molecule has 0 atom stereocenters. The van der Waals surface area contributed by atoms with E-state index in [1.54, 1.807) is 48.7 Å². The number of esters is 1. The molecular formula is C17H14N4O3. The smallest absolute Gasteiger partial charge is 0.343 e. The largest absolute Gasteiger partial charge is 0.493 e. The molecule has 0 N–H and O–H groups in total. The second-order valence-electron chi connectivity index (χ2n) is 4.75. The van der Waals surface area contributed by atoms with E-state index in [1.165, 1.54) is 24.4 Å². The van der Waals surface area contributed by atoms with Crippen molar-refractivity contribution in [3.63, 3.8) is 0 Å². The second kappa shape index (κ2) is 7.19. The standard InChI is InChI=1S/C17H14N4O3/c1-23-16-9-13(10-20-21-11-18-19-12-21)7-8-15(16)24-17(22)14-5-3-2-4-6-14/h2-12H,1H3/b20-10+. The Morgan fingerprint density at radius 3 is 2.54 bits per heavy atom. The lowest BCUT2D eigenvalue weighted by molar-refractivity contribution is 0.0729. The molecule has 0 amide bonds. The van der Waals surface area contributed by atoms with Gasteiger partial charge >= 0.3 is 5.97 Å². The highest BCUT2D eigenvalue weighted by molar-refractivity contribution is 5.91. The van der Waals surface area contributed by atoms with Crippen LogP contribution in [-0.4, -0.2) is 34.2 Å². The van der Waals surface area contributed by atoms with E-state index in [0.717, 1.165) is 5.56 Å². The van der Waals surface area contributed by atoms with Gasteiger partial charge in [-0.2, -0.15) is 5.10 Å². The van der Waals surface area contributed by atoms with E-state index in [0.29, 0.717) is 17.1 Å². The molecule has 0 unspecified atom stereocenters. The number of hydrogen-bond donors (Lipinski definition) is 0. The van der Waals surface area contributed by atoms with Gasteiger partial charge in [0.05, 0.1) is 18.9 Å². The van der Waals surface area contributed by atoms with Gasteiger partial charge in [0, 0.05) is 0 Å². The normalized spacial score (nSPS) is 10.7. The molecule has 2 aromatic carbocycles. The second-order valence-corrected chi connectivity index (χ2v) is 4.75. The maximum atomic E-state index is 12.1. The fraction of sp³-hybridized carbons (Fsp3) is 0.0588. The van der Waals surface area contributed by atoms with Crippen molar-refractivity contribution in [3.05, 3.63) is 72.3 Å². The molecule has 7 heteroatoms. The lowest BCUT2D eigenvalue weighted by atomic mass is 10.2. The van der Waals surface area contributed by atoms with Crippen LogP contribution in [-0.2, 0) is 0 Å². The van der Waals surface area contributed by atoms with Gasteiger partial charge in [0.2, 0.25) is 0 Å². The Morgan fingerprint density at radius 1 is 1.08 bits per heavy atom. The molecule has 1 aromatic heterocycles. The Labute approximate surface area is 138 Å². The van der Waals surface area contributed by atoms with E-state index < -0.39 is 5.97 Å². The first-order valence-electron chi connectivity index (χ1n) is 7.10. The highest BCUT2D eigenvalue weighted by atomic mass is 16.6. The molecule has 0 bridgehead atoms. The minimum absolute atomic E-state index is 0.341.